The molecule has 2 atom stereocenters. The van der Waals surface area contributed by atoms with E-state index in [0.717, 1.165) is 33.5 Å². The van der Waals surface area contributed by atoms with E-state index in [4.69, 9.17) is 15.0 Å². The Hall–Kier alpha value is -6.91. The molecule has 53 heavy (non-hydrogen) atoms. The average molecular weight is 677 g/mol. The predicted octanol–water partition coefficient (Wildman–Crippen LogP) is 12.1. The van der Waals surface area contributed by atoms with Gasteiger partial charge in [-0.15, -0.1) is 0 Å². The van der Waals surface area contributed by atoms with E-state index in [1.165, 1.54) is 44.3 Å². The van der Waals surface area contributed by atoms with E-state index in [-0.39, 0.29) is 12.0 Å². The van der Waals surface area contributed by atoms with Crippen LogP contribution < -0.4 is 4.90 Å². The average Bonchev–Trinajstić information content (AvgIpc) is 3.74. The number of benzene rings is 7. The van der Waals surface area contributed by atoms with Crippen LogP contribution in [0.2, 0.25) is 0 Å². The van der Waals surface area contributed by atoms with E-state index in [1.807, 2.05) is 18.2 Å². The van der Waals surface area contributed by atoms with Crippen LogP contribution in [0.5, 0.6) is 0 Å². The lowest BCUT2D eigenvalue weighted by Crippen LogP contribution is -2.29. The molecule has 2 unspecified atom stereocenters. The first-order valence-electron chi connectivity index (χ1n) is 18.2. The molecule has 0 saturated heterocycles. The van der Waals surface area contributed by atoms with Gasteiger partial charge in [0, 0.05) is 28.3 Å². The fourth-order valence-electron chi connectivity index (χ4n) is 8.66. The highest BCUT2D eigenvalue weighted by molar-refractivity contribution is 6.15. The monoisotopic (exact) mass is 676 g/mol. The molecule has 8 aromatic rings. The summed E-state index contributed by atoms with van der Waals surface area (Å²) in [5.41, 5.74) is 13.8. The van der Waals surface area contributed by atoms with Gasteiger partial charge in [0.1, 0.15) is 0 Å². The zero-order chi connectivity index (χ0) is 34.9. The Labute approximate surface area is 308 Å². The lowest BCUT2D eigenvalue weighted by molar-refractivity contribution is 0.745. The topological polar surface area (TPSA) is 41.9 Å². The van der Waals surface area contributed by atoms with Crippen LogP contribution in [0.3, 0.4) is 0 Å². The van der Waals surface area contributed by atoms with Gasteiger partial charge in [-0.1, -0.05) is 158 Å². The van der Waals surface area contributed by atoms with E-state index < -0.39 is 0 Å². The normalized spacial score (nSPS) is 16.1. The van der Waals surface area contributed by atoms with Crippen molar-refractivity contribution in [3.63, 3.8) is 0 Å². The quantitative estimate of drug-likeness (QED) is 0.182. The molecule has 2 aliphatic carbocycles. The number of allylic oxidation sites excluding steroid dienone is 2. The van der Waals surface area contributed by atoms with Crippen molar-refractivity contribution < 1.29 is 0 Å². The minimum Gasteiger partial charge on any atom is -0.333 e. The molecule has 3 aliphatic rings. The van der Waals surface area contributed by atoms with Gasteiger partial charge in [-0.2, -0.15) is 0 Å². The van der Waals surface area contributed by atoms with Gasteiger partial charge in [0.25, 0.3) is 0 Å². The summed E-state index contributed by atoms with van der Waals surface area (Å²) in [5, 5.41) is 2.60. The van der Waals surface area contributed by atoms with Crippen LogP contribution in [0.25, 0.3) is 78.3 Å². The number of aromatic nitrogens is 3. The minimum atomic E-state index is 0.158. The van der Waals surface area contributed by atoms with Crippen molar-refractivity contribution >= 4 is 22.1 Å². The fourth-order valence-corrected chi connectivity index (χ4v) is 8.66. The molecule has 7 aromatic carbocycles. The highest BCUT2D eigenvalue weighted by atomic mass is 15.2. The van der Waals surface area contributed by atoms with Crippen molar-refractivity contribution in [2.24, 2.45) is 0 Å². The van der Waals surface area contributed by atoms with Crippen molar-refractivity contribution in [2.45, 2.75) is 12.0 Å². The van der Waals surface area contributed by atoms with Gasteiger partial charge in [0.05, 0.1) is 11.7 Å². The van der Waals surface area contributed by atoms with Gasteiger partial charge in [0.15, 0.2) is 17.5 Å². The summed E-state index contributed by atoms with van der Waals surface area (Å²) < 4.78 is 0. The lowest BCUT2D eigenvalue weighted by Gasteiger charge is -2.30. The number of para-hydroxylation sites is 2. The van der Waals surface area contributed by atoms with E-state index in [9.17, 15) is 0 Å². The number of rotatable bonds is 5. The zero-order valence-electron chi connectivity index (χ0n) is 28.8. The first kappa shape index (κ1) is 29.8. The van der Waals surface area contributed by atoms with Crippen molar-refractivity contribution in [3.05, 3.63) is 188 Å². The molecule has 4 nitrogen and oxygen atoms in total. The second-order valence-corrected chi connectivity index (χ2v) is 13.9. The van der Waals surface area contributed by atoms with Crippen LogP contribution in [0.15, 0.2) is 182 Å². The minimum absolute atomic E-state index is 0.158. The number of hydrogen-bond acceptors (Lipinski definition) is 4. The third-order valence-corrected chi connectivity index (χ3v) is 11.0. The molecule has 0 radical (unpaired) electrons. The standard InChI is InChI=1S/C49H32N4/c1-2-14-32(15-3-1)47-50-48(40-21-5-4-18-34(40)33-28-29-35-38-23-12-16-31-17-13-24-39(46(31)38)42(35)30-33)52-49(51-47)41-22-8-11-27-45(41)53-43-25-9-6-19-36(43)37-20-7-10-26-44(37)53/h1-30,36,43H. The van der Waals surface area contributed by atoms with Crippen molar-refractivity contribution in [2.75, 3.05) is 4.90 Å². The Morgan fingerprint density at radius 1 is 0.396 bits per heavy atom. The third-order valence-electron chi connectivity index (χ3n) is 11.0. The van der Waals surface area contributed by atoms with Crippen molar-refractivity contribution in [1.29, 1.82) is 0 Å². The SMILES string of the molecule is C1=CC2c3ccccc3N(c3ccccc3-c3nc(-c4ccccc4)nc(-c4ccccc4-c4ccc5c(c4)-c4cccc6cccc-5c46)n3)C2C=C1. The van der Waals surface area contributed by atoms with Gasteiger partial charge >= 0.3 is 0 Å². The Morgan fingerprint density at radius 2 is 1.02 bits per heavy atom. The number of anilines is 2. The molecule has 1 aromatic heterocycles. The number of nitrogens with zero attached hydrogens (tertiary/aromatic N) is 4. The van der Waals surface area contributed by atoms with Gasteiger partial charge in [-0.05, 0) is 74.0 Å². The van der Waals surface area contributed by atoms with Gasteiger partial charge in [-0.25, -0.2) is 15.0 Å². The number of fused-ring (bicyclic) bond motifs is 6. The molecule has 0 amide bonds. The largest absolute Gasteiger partial charge is 0.333 e. The molecule has 0 spiro atoms. The second kappa shape index (κ2) is 11.8. The van der Waals surface area contributed by atoms with Crippen molar-refractivity contribution in [3.8, 4) is 67.5 Å². The summed E-state index contributed by atoms with van der Waals surface area (Å²) in [5.74, 6) is 2.21. The van der Waals surface area contributed by atoms with Gasteiger partial charge < -0.3 is 4.90 Å². The summed E-state index contributed by atoms with van der Waals surface area (Å²) in [6.45, 7) is 0. The zero-order valence-corrected chi connectivity index (χ0v) is 28.8. The summed E-state index contributed by atoms with van der Waals surface area (Å²) in [6, 6.07) is 56.2. The maximum absolute atomic E-state index is 5.33. The Balaban J connectivity index is 1.09. The first-order valence-corrected chi connectivity index (χ1v) is 18.2. The molecule has 0 N–H and O–H groups in total. The fraction of sp³-hybridized carbons (Fsp3) is 0.0408. The van der Waals surface area contributed by atoms with Crippen LogP contribution in [-0.4, -0.2) is 21.0 Å². The molecule has 0 bridgehead atoms. The third kappa shape index (κ3) is 4.66. The van der Waals surface area contributed by atoms with Crippen LogP contribution in [0.1, 0.15) is 11.5 Å². The molecule has 0 fully saturated rings. The smallest absolute Gasteiger partial charge is 0.166 e. The molecule has 2 heterocycles. The van der Waals surface area contributed by atoms with E-state index in [0.29, 0.717) is 17.5 Å². The maximum Gasteiger partial charge on any atom is 0.166 e. The Bertz CT molecular complexity index is 2810. The molecule has 248 valence electrons. The van der Waals surface area contributed by atoms with Crippen LogP contribution in [0.4, 0.5) is 11.4 Å². The van der Waals surface area contributed by atoms with E-state index in [2.05, 4.69) is 169 Å². The molecule has 11 rings (SSSR count). The van der Waals surface area contributed by atoms with Crippen LogP contribution in [-0.2, 0) is 0 Å². The maximum atomic E-state index is 5.33. The summed E-state index contributed by atoms with van der Waals surface area (Å²) in [7, 11) is 0. The van der Waals surface area contributed by atoms with Crippen molar-refractivity contribution in [1.82, 2.24) is 15.0 Å². The summed E-state index contributed by atoms with van der Waals surface area (Å²) >= 11 is 0. The lowest BCUT2D eigenvalue weighted by atomic mass is 9.91. The first-order chi connectivity index (χ1) is 26.3. The van der Waals surface area contributed by atoms with Crippen LogP contribution >= 0.6 is 0 Å². The van der Waals surface area contributed by atoms with E-state index in [1.54, 1.807) is 0 Å². The Morgan fingerprint density at radius 3 is 1.85 bits per heavy atom. The van der Waals surface area contributed by atoms with Crippen LogP contribution in [0, 0.1) is 0 Å². The summed E-state index contributed by atoms with van der Waals surface area (Å²) in [6.07, 6.45) is 8.94. The highest BCUT2D eigenvalue weighted by Crippen LogP contribution is 2.51. The number of hydrogen-bond donors (Lipinski definition) is 0. The molecular weight excluding hydrogens is 645 g/mol. The van der Waals surface area contributed by atoms with Gasteiger partial charge in [0.2, 0.25) is 0 Å². The molecule has 1 aliphatic heterocycles. The molecule has 0 saturated carbocycles. The predicted molar refractivity (Wildman–Crippen MR) is 217 cm³/mol. The Kier molecular flexibility index (Phi) is 6.65. The van der Waals surface area contributed by atoms with E-state index >= 15 is 0 Å². The summed E-state index contributed by atoms with van der Waals surface area (Å²) in [4.78, 5) is 18.2. The van der Waals surface area contributed by atoms with Gasteiger partial charge in [-0.3, -0.25) is 0 Å². The highest BCUT2D eigenvalue weighted by Gasteiger charge is 2.38. The second-order valence-electron chi connectivity index (χ2n) is 13.9. The molecular formula is C49H32N4. The molecule has 4 heteroatoms.